The molecule has 6 nitrogen and oxygen atoms in total. The molecule has 0 aromatic heterocycles. The number of urea groups is 1. The fraction of sp³-hybridized carbons (Fsp3) is 0.417. The van der Waals surface area contributed by atoms with Crippen LogP contribution in [0, 0.1) is 13.8 Å². The molecule has 3 amide bonds. The minimum absolute atomic E-state index is 0.0114. The van der Waals surface area contributed by atoms with Crippen LogP contribution in [0.4, 0.5) is 4.79 Å². The van der Waals surface area contributed by atoms with E-state index in [-0.39, 0.29) is 19.1 Å². The molecule has 3 rings (SSSR count). The molecule has 2 N–H and O–H groups in total. The Bertz CT molecular complexity index is 918. The Kier molecular flexibility index (Phi) is 6.17. The second-order valence-electron chi connectivity index (χ2n) is 8.43. The lowest BCUT2D eigenvalue weighted by atomic mass is 9.90. The number of imide groups is 1. The minimum atomic E-state index is -1.15. The standard InChI is InChI=1S/C24H30N2O4/c1-15(2)18-9-11-19(12-10-18)24(5)22(28)26(23(29)25-24)13-20(27)14-30-21-16(3)7-6-8-17(21)4/h6-12,15,20,27H,13-14H2,1-5H3,(H,25,29)/t20-,24-/m1/s1. The number of carbonyl (C=O) groups is 2. The molecule has 2 aromatic rings. The van der Waals surface area contributed by atoms with E-state index in [1.807, 2.05) is 56.3 Å². The Labute approximate surface area is 177 Å². The molecular formula is C24H30N2O4. The van der Waals surface area contributed by atoms with E-state index < -0.39 is 17.7 Å². The van der Waals surface area contributed by atoms with Gasteiger partial charge in [-0.15, -0.1) is 0 Å². The third-order valence-electron chi connectivity index (χ3n) is 5.65. The Balaban J connectivity index is 1.68. The van der Waals surface area contributed by atoms with Crippen LogP contribution in [0.3, 0.4) is 0 Å². The Morgan fingerprint density at radius 3 is 2.23 bits per heavy atom. The molecule has 1 saturated heterocycles. The van der Waals surface area contributed by atoms with Gasteiger partial charge in [0.25, 0.3) is 5.91 Å². The summed E-state index contributed by atoms with van der Waals surface area (Å²) in [6, 6.07) is 13.0. The fourth-order valence-electron chi connectivity index (χ4n) is 3.73. The molecule has 2 atom stereocenters. The number of para-hydroxylation sites is 1. The summed E-state index contributed by atoms with van der Waals surface area (Å²) in [6.07, 6.45) is -0.996. The lowest BCUT2D eigenvalue weighted by molar-refractivity contribution is -0.132. The summed E-state index contributed by atoms with van der Waals surface area (Å²) in [6.45, 7) is 9.62. The third kappa shape index (κ3) is 4.19. The van der Waals surface area contributed by atoms with Gasteiger partial charge in [0.2, 0.25) is 0 Å². The molecule has 0 unspecified atom stereocenters. The molecule has 2 aromatic carbocycles. The first-order valence-electron chi connectivity index (χ1n) is 10.2. The SMILES string of the molecule is Cc1cccc(C)c1OC[C@H](O)CN1C(=O)N[C@](C)(c2ccc(C(C)C)cc2)C1=O. The zero-order valence-electron chi connectivity index (χ0n) is 18.2. The van der Waals surface area contributed by atoms with Crippen LogP contribution in [0.25, 0.3) is 0 Å². The van der Waals surface area contributed by atoms with E-state index in [1.165, 1.54) is 0 Å². The number of amides is 3. The number of hydrogen-bond donors (Lipinski definition) is 2. The monoisotopic (exact) mass is 410 g/mol. The molecule has 0 bridgehead atoms. The van der Waals surface area contributed by atoms with Crippen molar-refractivity contribution < 1.29 is 19.4 Å². The van der Waals surface area contributed by atoms with Crippen molar-refractivity contribution in [1.29, 1.82) is 0 Å². The first-order valence-corrected chi connectivity index (χ1v) is 10.2. The zero-order valence-corrected chi connectivity index (χ0v) is 18.2. The number of aliphatic hydroxyl groups excluding tert-OH is 1. The number of nitrogens with zero attached hydrogens (tertiary/aromatic N) is 1. The average Bonchev–Trinajstić information content (AvgIpc) is 2.91. The normalized spacial score (nSPS) is 19.9. The summed E-state index contributed by atoms with van der Waals surface area (Å²) < 4.78 is 5.76. The molecule has 0 saturated carbocycles. The van der Waals surface area contributed by atoms with Crippen molar-refractivity contribution in [1.82, 2.24) is 10.2 Å². The second kappa shape index (κ2) is 8.48. The maximum absolute atomic E-state index is 13.1. The van der Waals surface area contributed by atoms with Crippen LogP contribution in [0.1, 0.15) is 48.9 Å². The van der Waals surface area contributed by atoms with Gasteiger partial charge in [0, 0.05) is 0 Å². The predicted molar refractivity (Wildman–Crippen MR) is 116 cm³/mol. The van der Waals surface area contributed by atoms with Gasteiger partial charge in [-0.3, -0.25) is 9.69 Å². The van der Waals surface area contributed by atoms with Crippen molar-refractivity contribution in [3.8, 4) is 5.75 Å². The Hall–Kier alpha value is -2.86. The highest BCUT2D eigenvalue weighted by Gasteiger charge is 2.49. The fourth-order valence-corrected chi connectivity index (χ4v) is 3.73. The van der Waals surface area contributed by atoms with Crippen molar-refractivity contribution in [2.75, 3.05) is 13.2 Å². The first-order chi connectivity index (χ1) is 14.1. The largest absolute Gasteiger partial charge is 0.490 e. The maximum Gasteiger partial charge on any atom is 0.325 e. The van der Waals surface area contributed by atoms with Crippen molar-refractivity contribution in [2.45, 2.75) is 52.2 Å². The van der Waals surface area contributed by atoms with Crippen molar-refractivity contribution in [3.63, 3.8) is 0 Å². The number of hydrogen-bond acceptors (Lipinski definition) is 4. The summed E-state index contributed by atoms with van der Waals surface area (Å²) in [5, 5.41) is 13.2. The molecule has 1 aliphatic heterocycles. The molecule has 30 heavy (non-hydrogen) atoms. The average molecular weight is 411 g/mol. The van der Waals surface area contributed by atoms with E-state index in [1.54, 1.807) is 6.92 Å². The molecule has 1 heterocycles. The van der Waals surface area contributed by atoms with Crippen LogP contribution >= 0.6 is 0 Å². The van der Waals surface area contributed by atoms with Gasteiger partial charge in [-0.25, -0.2) is 4.79 Å². The van der Waals surface area contributed by atoms with E-state index in [9.17, 15) is 14.7 Å². The van der Waals surface area contributed by atoms with Crippen molar-refractivity contribution >= 4 is 11.9 Å². The highest BCUT2D eigenvalue weighted by Crippen LogP contribution is 2.30. The van der Waals surface area contributed by atoms with Gasteiger partial charge in [0.1, 0.15) is 24.0 Å². The van der Waals surface area contributed by atoms with E-state index in [0.29, 0.717) is 17.2 Å². The van der Waals surface area contributed by atoms with Crippen LogP contribution in [0.15, 0.2) is 42.5 Å². The van der Waals surface area contributed by atoms with Crippen LogP contribution in [-0.4, -0.2) is 41.2 Å². The molecule has 1 fully saturated rings. The Morgan fingerprint density at radius 1 is 1.07 bits per heavy atom. The quantitative estimate of drug-likeness (QED) is 0.683. The van der Waals surface area contributed by atoms with Gasteiger partial charge in [0.15, 0.2) is 0 Å². The second-order valence-corrected chi connectivity index (χ2v) is 8.43. The number of rotatable bonds is 7. The van der Waals surface area contributed by atoms with Crippen LogP contribution in [0.2, 0.25) is 0 Å². The summed E-state index contributed by atoms with van der Waals surface area (Å²) in [5.74, 6) is 0.712. The van der Waals surface area contributed by atoms with Gasteiger partial charge < -0.3 is 15.2 Å². The van der Waals surface area contributed by atoms with Gasteiger partial charge in [0.05, 0.1) is 6.54 Å². The van der Waals surface area contributed by atoms with E-state index >= 15 is 0 Å². The van der Waals surface area contributed by atoms with Gasteiger partial charge >= 0.3 is 6.03 Å². The number of aryl methyl sites for hydroxylation is 2. The number of ether oxygens (including phenoxy) is 1. The molecular weight excluding hydrogens is 380 g/mol. The third-order valence-corrected chi connectivity index (χ3v) is 5.65. The summed E-state index contributed by atoms with van der Waals surface area (Å²) in [4.78, 5) is 26.6. The Morgan fingerprint density at radius 2 is 1.67 bits per heavy atom. The number of aliphatic hydroxyl groups is 1. The highest BCUT2D eigenvalue weighted by molar-refractivity contribution is 6.07. The van der Waals surface area contributed by atoms with Crippen molar-refractivity contribution in [3.05, 3.63) is 64.7 Å². The number of benzene rings is 2. The van der Waals surface area contributed by atoms with Gasteiger partial charge in [-0.1, -0.05) is 56.3 Å². The summed E-state index contributed by atoms with van der Waals surface area (Å²) in [7, 11) is 0. The maximum atomic E-state index is 13.1. The molecule has 0 aliphatic carbocycles. The topological polar surface area (TPSA) is 78.9 Å². The summed E-state index contributed by atoms with van der Waals surface area (Å²) >= 11 is 0. The molecule has 0 spiro atoms. The van der Waals surface area contributed by atoms with Gasteiger partial charge in [-0.05, 0) is 48.9 Å². The lowest BCUT2D eigenvalue weighted by Gasteiger charge is -2.24. The van der Waals surface area contributed by atoms with Crippen LogP contribution in [-0.2, 0) is 10.3 Å². The zero-order chi connectivity index (χ0) is 22.1. The van der Waals surface area contributed by atoms with Crippen LogP contribution in [0.5, 0.6) is 5.75 Å². The molecule has 0 radical (unpaired) electrons. The summed E-state index contributed by atoms with van der Waals surface area (Å²) in [5.41, 5.74) is 2.66. The first kappa shape index (κ1) is 21.8. The molecule has 6 heteroatoms. The minimum Gasteiger partial charge on any atom is -0.490 e. The van der Waals surface area contributed by atoms with Crippen molar-refractivity contribution in [2.24, 2.45) is 0 Å². The number of β-amino-alcohol motifs (C(OH)–C–C–N with tert-alkyl or cyclic N) is 1. The lowest BCUT2D eigenvalue weighted by Crippen LogP contribution is -2.42. The van der Waals surface area contributed by atoms with E-state index in [2.05, 4.69) is 19.2 Å². The van der Waals surface area contributed by atoms with Gasteiger partial charge in [-0.2, -0.15) is 0 Å². The smallest absolute Gasteiger partial charge is 0.325 e. The van der Waals surface area contributed by atoms with Crippen LogP contribution < -0.4 is 10.1 Å². The number of carbonyl (C=O) groups excluding carboxylic acids is 2. The highest BCUT2D eigenvalue weighted by atomic mass is 16.5. The number of nitrogens with one attached hydrogen (secondary N) is 1. The van der Waals surface area contributed by atoms with E-state index in [4.69, 9.17) is 4.74 Å². The van der Waals surface area contributed by atoms with E-state index in [0.717, 1.165) is 21.6 Å². The predicted octanol–water partition coefficient (Wildman–Crippen LogP) is 3.63. The molecule has 160 valence electrons. The molecule has 1 aliphatic rings.